The number of benzene rings is 2. The van der Waals surface area contributed by atoms with Crippen molar-refractivity contribution in [2.75, 3.05) is 0 Å². The minimum absolute atomic E-state index is 0.223. The van der Waals surface area contributed by atoms with E-state index >= 15 is 0 Å². The van der Waals surface area contributed by atoms with Gasteiger partial charge in [0, 0.05) is 18.6 Å². The minimum Gasteiger partial charge on any atom is -0.265 e. The summed E-state index contributed by atoms with van der Waals surface area (Å²) in [5.74, 6) is 0.399. The standard InChI is InChI=1S/C22H20N2/c1-3-7-17(8-4-1)19-13-20(18-9-5-2-6-10-18)15-21(14-19)22-11-12-23-16-24-22/h1-10,12-14,16,20,22H,11,15H2. The third kappa shape index (κ3) is 3.13. The number of rotatable bonds is 3. The highest BCUT2D eigenvalue weighted by Gasteiger charge is 2.23. The van der Waals surface area contributed by atoms with Crippen molar-refractivity contribution in [2.45, 2.75) is 24.8 Å². The van der Waals surface area contributed by atoms with Gasteiger partial charge in [-0.05, 0) is 28.7 Å². The van der Waals surface area contributed by atoms with Crippen LogP contribution in [0, 0.1) is 0 Å². The molecule has 0 N–H and O–H groups in total. The molecule has 2 unspecified atom stereocenters. The highest BCUT2D eigenvalue weighted by atomic mass is 14.9. The lowest BCUT2D eigenvalue weighted by Gasteiger charge is -2.26. The van der Waals surface area contributed by atoms with Gasteiger partial charge in [0.1, 0.15) is 6.34 Å². The maximum atomic E-state index is 4.59. The monoisotopic (exact) mass is 312 g/mol. The Hall–Kier alpha value is -2.74. The van der Waals surface area contributed by atoms with Crippen LogP contribution in [0.4, 0.5) is 0 Å². The predicted octanol–water partition coefficient (Wildman–Crippen LogP) is 5.06. The normalized spacial score (nSPS) is 22.8. The Morgan fingerprint density at radius 2 is 1.62 bits per heavy atom. The molecule has 2 nitrogen and oxygen atoms in total. The summed E-state index contributed by atoms with van der Waals surface area (Å²) in [6.07, 6.45) is 10.3. The van der Waals surface area contributed by atoms with Gasteiger partial charge in [0.25, 0.3) is 0 Å². The van der Waals surface area contributed by atoms with Gasteiger partial charge in [0.2, 0.25) is 0 Å². The van der Waals surface area contributed by atoms with Crippen molar-refractivity contribution >= 4 is 18.1 Å². The van der Waals surface area contributed by atoms with E-state index in [4.69, 9.17) is 0 Å². The molecular formula is C22H20N2. The average molecular weight is 312 g/mol. The average Bonchev–Trinajstić information content (AvgIpc) is 2.70. The van der Waals surface area contributed by atoms with Crippen LogP contribution in [-0.4, -0.2) is 18.6 Å². The van der Waals surface area contributed by atoms with Crippen LogP contribution in [0.25, 0.3) is 5.57 Å². The van der Waals surface area contributed by atoms with E-state index < -0.39 is 0 Å². The molecule has 4 rings (SSSR count). The summed E-state index contributed by atoms with van der Waals surface area (Å²) in [6.45, 7) is 0. The zero-order valence-electron chi connectivity index (χ0n) is 13.5. The van der Waals surface area contributed by atoms with E-state index in [1.807, 2.05) is 6.21 Å². The van der Waals surface area contributed by atoms with Gasteiger partial charge in [0.15, 0.2) is 0 Å². The highest BCUT2D eigenvalue weighted by molar-refractivity contribution is 5.79. The van der Waals surface area contributed by atoms with Crippen LogP contribution in [0.3, 0.4) is 0 Å². The number of hydrogen-bond acceptors (Lipinski definition) is 2. The summed E-state index contributed by atoms with van der Waals surface area (Å²) in [7, 11) is 0. The Bertz CT molecular complexity index is 814. The molecule has 0 bridgehead atoms. The first kappa shape index (κ1) is 14.8. The van der Waals surface area contributed by atoms with Gasteiger partial charge in [-0.3, -0.25) is 4.99 Å². The van der Waals surface area contributed by atoms with Crippen LogP contribution in [0.1, 0.15) is 29.9 Å². The lowest BCUT2D eigenvalue weighted by atomic mass is 9.81. The van der Waals surface area contributed by atoms with Crippen LogP contribution in [0.15, 0.2) is 88.4 Å². The van der Waals surface area contributed by atoms with Crippen LogP contribution < -0.4 is 0 Å². The van der Waals surface area contributed by atoms with Crippen LogP contribution >= 0.6 is 0 Å². The first-order valence-corrected chi connectivity index (χ1v) is 8.46. The lowest BCUT2D eigenvalue weighted by Crippen LogP contribution is -2.17. The molecule has 0 fully saturated rings. The quantitative estimate of drug-likeness (QED) is 0.757. The van der Waals surface area contributed by atoms with E-state index in [9.17, 15) is 0 Å². The van der Waals surface area contributed by atoms with Crippen molar-refractivity contribution in [3.05, 3.63) is 89.5 Å². The third-order valence-electron chi connectivity index (χ3n) is 4.69. The minimum atomic E-state index is 0.223. The molecular weight excluding hydrogens is 292 g/mol. The summed E-state index contributed by atoms with van der Waals surface area (Å²) in [5.41, 5.74) is 5.32. The van der Waals surface area contributed by atoms with Gasteiger partial charge in [-0.1, -0.05) is 72.8 Å². The van der Waals surface area contributed by atoms with Crippen molar-refractivity contribution in [1.82, 2.24) is 0 Å². The molecule has 0 amide bonds. The fourth-order valence-corrected chi connectivity index (χ4v) is 3.43. The first-order chi connectivity index (χ1) is 11.9. The largest absolute Gasteiger partial charge is 0.265 e. The van der Waals surface area contributed by atoms with Gasteiger partial charge in [0.05, 0.1) is 6.04 Å². The van der Waals surface area contributed by atoms with Crippen LogP contribution in [0.2, 0.25) is 0 Å². The lowest BCUT2D eigenvalue weighted by molar-refractivity contribution is 0.706. The number of aliphatic imine (C=N–C) groups is 2. The first-order valence-electron chi connectivity index (χ1n) is 8.46. The maximum absolute atomic E-state index is 4.59. The second-order valence-corrected chi connectivity index (χ2v) is 6.28. The van der Waals surface area contributed by atoms with Gasteiger partial charge < -0.3 is 0 Å². The zero-order chi connectivity index (χ0) is 16.2. The van der Waals surface area contributed by atoms with Gasteiger partial charge in [-0.25, -0.2) is 4.99 Å². The van der Waals surface area contributed by atoms with E-state index in [2.05, 4.69) is 82.8 Å². The zero-order valence-corrected chi connectivity index (χ0v) is 13.5. The van der Waals surface area contributed by atoms with Gasteiger partial charge >= 0.3 is 0 Å². The van der Waals surface area contributed by atoms with E-state index in [-0.39, 0.29) is 6.04 Å². The Morgan fingerprint density at radius 3 is 2.33 bits per heavy atom. The number of nitrogens with zero attached hydrogens (tertiary/aromatic N) is 2. The molecule has 0 saturated heterocycles. The van der Waals surface area contributed by atoms with Crippen molar-refractivity contribution in [3.8, 4) is 0 Å². The predicted molar refractivity (Wildman–Crippen MR) is 102 cm³/mol. The van der Waals surface area contributed by atoms with Crippen molar-refractivity contribution in [1.29, 1.82) is 0 Å². The van der Waals surface area contributed by atoms with Crippen molar-refractivity contribution < 1.29 is 0 Å². The molecule has 118 valence electrons. The number of hydrogen-bond donors (Lipinski definition) is 0. The molecule has 2 aliphatic rings. The Balaban J connectivity index is 1.73. The molecule has 0 aromatic heterocycles. The Kier molecular flexibility index (Phi) is 4.20. The maximum Gasteiger partial charge on any atom is 0.110 e. The van der Waals surface area contributed by atoms with Crippen LogP contribution in [0.5, 0.6) is 0 Å². The highest BCUT2D eigenvalue weighted by Crippen LogP contribution is 2.37. The Labute approximate surface area is 143 Å². The smallest absolute Gasteiger partial charge is 0.110 e. The summed E-state index contributed by atoms with van der Waals surface area (Å²) in [6, 6.07) is 21.6. The van der Waals surface area contributed by atoms with E-state index in [1.165, 1.54) is 22.3 Å². The van der Waals surface area contributed by atoms with Crippen molar-refractivity contribution in [2.24, 2.45) is 9.98 Å². The van der Waals surface area contributed by atoms with E-state index in [1.54, 1.807) is 6.34 Å². The van der Waals surface area contributed by atoms with E-state index in [0.29, 0.717) is 5.92 Å². The summed E-state index contributed by atoms with van der Waals surface area (Å²) < 4.78 is 0. The molecule has 0 spiro atoms. The molecule has 2 atom stereocenters. The second kappa shape index (κ2) is 6.79. The molecule has 1 heterocycles. The SMILES string of the molecule is C1=NC=NC(C2=CC(c3ccccc3)=CC(c3ccccc3)C2)C1. The fourth-order valence-electron chi connectivity index (χ4n) is 3.43. The molecule has 1 aliphatic carbocycles. The van der Waals surface area contributed by atoms with Crippen LogP contribution in [-0.2, 0) is 0 Å². The fraction of sp³-hybridized carbons (Fsp3) is 0.182. The molecule has 2 heteroatoms. The van der Waals surface area contributed by atoms with Crippen molar-refractivity contribution in [3.63, 3.8) is 0 Å². The Morgan fingerprint density at radius 1 is 0.875 bits per heavy atom. The number of allylic oxidation sites excluding steroid dienone is 3. The third-order valence-corrected chi connectivity index (χ3v) is 4.69. The summed E-state index contributed by atoms with van der Waals surface area (Å²) in [4.78, 5) is 8.71. The van der Waals surface area contributed by atoms with E-state index in [0.717, 1.165) is 12.8 Å². The molecule has 0 radical (unpaired) electrons. The molecule has 0 saturated carbocycles. The second-order valence-electron chi connectivity index (χ2n) is 6.28. The molecule has 2 aromatic rings. The van der Waals surface area contributed by atoms with Gasteiger partial charge in [-0.15, -0.1) is 0 Å². The topological polar surface area (TPSA) is 24.7 Å². The molecule has 1 aliphatic heterocycles. The summed E-state index contributed by atoms with van der Waals surface area (Å²) >= 11 is 0. The molecule has 24 heavy (non-hydrogen) atoms. The van der Waals surface area contributed by atoms with Gasteiger partial charge in [-0.2, -0.15) is 0 Å². The summed E-state index contributed by atoms with van der Waals surface area (Å²) in [5, 5.41) is 0. The molecule has 2 aromatic carbocycles.